The number of halogens is 4. The molecule has 2 atom stereocenters. The topological polar surface area (TPSA) is 89.5 Å². The van der Waals surface area contributed by atoms with Crippen LogP contribution in [0.1, 0.15) is 37.9 Å². The Morgan fingerprint density at radius 3 is 2.31 bits per heavy atom. The largest absolute Gasteiger partial charge is 0.453 e. The molecule has 6 nitrogen and oxygen atoms in total. The summed E-state index contributed by atoms with van der Waals surface area (Å²) in [4.78, 5) is 52.9. The van der Waals surface area contributed by atoms with Gasteiger partial charge in [0.1, 0.15) is 12.0 Å². The zero-order chi connectivity index (χ0) is 27.9. The minimum absolute atomic E-state index is 0.0809. The summed E-state index contributed by atoms with van der Waals surface area (Å²) in [6, 6.07) is 20.2. The third-order valence-electron chi connectivity index (χ3n) is 6.39. The minimum atomic E-state index is -4.73. The maximum Gasteiger partial charge on any atom is 0.416 e. The van der Waals surface area contributed by atoms with Crippen molar-refractivity contribution in [3.8, 4) is 0 Å². The Kier molecular flexibility index (Phi) is 6.69. The first kappa shape index (κ1) is 26.1. The van der Waals surface area contributed by atoms with Gasteiger partial charge in [0.25, 0.3) is 5.91 Å². The van der Waals surface area contributed by atoms with Crippen molar-refractivity contribution in [3.05, 3.63) is 112 Å². The highest BCUT2D eigenvalue weighted by Crippen LogP contribution is 2.39. The van der Waals surface area contributed by atoms with Gasteiger partial charge >= 0.3 is 12.1 Å². The predicted octanol–water partition coefficient (Wildman–Crippen LogP) is 6.43. The highest BCUT2D eigenvalue weighted by atomic mass is 35.5. The molecular weight excluding hydrogens is 535 g/mol. The maximum absolute atomic E-state index is 13.8. The summed E-state index contributed by atoms with van der Waals surface area (Å²) in [6.45, 7) is 0. The summed E-state index contributed by atoms with van der Waals surface area (Å²) in [7, 11) is 0. The fourth-order valence-corrected chi connectivity index (χ4v) is 4.62. The Morgan fingerprint density at radius 1 is 0.872 bits per heavy atom. The lowest BCUT2D eigenvalue weighted by Gasteiger charge is -2.21. The zero-order valence-electron chi connectivity index (χ0n) is 19.8. The number of alkyl halides is 3. The van der Waals surface area contributed by atoms with Crippen molar-refractivity contribution < 1.29 is 37.1 Å². The van der Waals surface area contributed by atoms with Gasteiger partial charge in [0.2, 0.25) is 5.78 Å². The van der Waals surface area contributed by atoms with Gasteiger partial charge in [0.15, 0.2) is 5.78 Å². The van der Waals surface area contributed by atoms with Crippen LogP contribution < -0.4 is 5.32 Å². The third kappa shape index (κ3) is 5.00. The van der Waals surface area contributed by atoms with Crippen LogP contribution in [0.25, 0.3) is 10.8 Å². The van der Waals surface area contributed by atoms with E-state index in [4.69, 9.17) is 16.3 Å². The van der Waals surface area contributed by atoms with E-state index in [9.17, 15) is 32.3 Å². The van der Waals surface area contributed by atoms with E-state index in [-0.39, 0.29) is 21.7 Å². The number of esters is 1. The SMILES string of the molecule is O=C(Nc1cc(C(F)(F)F)ccc1Cl)C(=O)[C@H](C(=O)c1ccc2ccccc2c1)[C@H]1OC(=O)c2ccccc21. The average Bonchev–Trinajstić information content (AvgIpc) is 3.24. The van der Waals surface area contributed by atoms with E-state index in [0.717, 1.165) is 17.5 Å². The van der Waals surface area contributed by atoms with Crippen LogP contribution in [0, 0.1) is 5.92 Å². The highest BCUT2D eigenvalue weighted by Gasteiger charge is 2.46. The number of Topliss-reactive ketones (excluding diaryl/α,β-unsaturated/α-hetero) is 2. The van der Waals surface area contributed by atoms with Crippen LogP contribution in [-0.4, -0.2) is 23.4 Å². The minimum Gasteiger partial charge on any atom is -0.453 e. The highest BCUT2D eigenvalue weighted by molar-refractivity contribution is 6.46. The molecule has 4 aromatic rings. The van der Waals surface area contributed by atoms with Crippen LogP contribution in [0.2, 0.25) is 5.02 Å². The van der Waals surface area contributed by atoms with Crippen molar-refractivity contribution in [2.75, 3.05) is 5.32 Å². The predicted molar refractivity (Wildman–Crippen MR) is 136 cm³/mol. The van der Waals surface area contributed by atoms with Gasteiger partial charge in [-0.3, -0.25) is 14.4 Å². The molecule has 0 bridgehead atoms. The van der Waals surface area contributed by atoms with Gasteiger partial charge in [0.05, 0.1) is 21.8 Å². The number of cyclic esters (lactones) is 1. The second-order valence-electron chi connectivity index (χ2n) is 8.83. The molecule has 10 heteroatoms. The van der Waals surface area contributed by atoms with E-state index in [1.165, 1.54) is 18.2 Å². The first-order valence-corrected chi connectivity index (χ1v) is 12.0. The van der Waals surface area contributed by atoms with E-state index in [1.807, 2.05) is 12.1 Å². The lowest BCUT2D eigenvalue weighted by atomic mass is 9.84. The molecule has 0 aromatic heterocycles. The molecule has 196 valence electrons. The fourth-order valence-electron chi connectivity index (χ4n) is 4.46. The molecular formula is C29H17ClF3NO5. The molecule has 0 saturated carbocycles. The molecule has 0 aliphatic carbocycles. The van der Waals surface area contributed by atoms with Crippen LogP contribution in [0.5, 0.6) is 0 Å². The van der Waals surface area contributed by atoms with Gasteiger partial charge in [-0.2, -0.15) is 13.2 Å². The van der Waals surface area contributed by atoms with Gasteiger partial charge in [-0.15, -0.1) is 0 Å². The van der Waals surface area contributed by atoms with Gasteiger partial charge < -0.3 is 10.1 Å². The van der Waals surface area contributed by atoms with E-state index >= 15 is 0 Å². The maximum atomic E-state index is 13.8. The normalized spacial score (nSPS) is 15.4. The molecule has 5 rings (SSSR count). The quantitative estimate of drug-likeness (QED) is 0.129. The number of ketones is 2. The molecule has 0 saturated heterocycles. The number of fused-ring (bicyclic) bond motifs is 2. The number of benzene rings is 4. The summed E-state index contributed by atoms with van der Waals surface area (Å²) < 4.78 is 45.0. The fraction of sp³-hybridized carbons (Fsp3) is 0.103. The first-order valence-electron chi connectivity index (χ1n) is 11.6. The number of rotatable bonds is 6. The number of carbonyl (C=O) groups is 4. The number of hydrogen-bond donors (Lipinski definition) is 1. The summed E-state index contributed by atoms with van der Waals surface area (Å²) in [5.41, 5.74) is -1.12. The Morgan fingerprint density at radius 2 is 1.56 bits per heavy atom. The van der Waals surface area contributed by atoms with Crippen molar-refractivity contribution in [1.82, 2.24) is 0 Å². The van der Waals surface area contributed by atoms with Gasteiger partial charge in [0, 0.05) is 11.1 Å². The van der Waals surface area contributed by atoms with E-state index < -0.39 is 52.9 Å². The molecule has 0 unspecified atom stereocenters. The molecule has 1 amide bonds. The summed E-state index contributed by atoms with van der Waals surface area (Å²) in [5, 5.41) is 3.35. The lowest BCUT2D eigenvalue weighted by Crippen LogP contribution is -2.38. The number of anilines is 1. The van der Waals surface area contributed by atoms with Crippen molar-refractivity contribution in [2.24, 2.45) is 5.92 Å². The number of hydrogen-bond acceptors (Lipinski definition) is 5. The van der Waals surface area contributed by atoms with Crippen LogP contribution >= 0.6 is 11.6 Å². The van der Waals surface area contributed by atoms with Gasteiger partial charge in [-0.25, -0.2) is 4.79 Å². The molecule has 0 fully saturated rings. The van der Waals surface area contributed by atoms with E-state index in [1.54, 1.807) is 36.4 Å². The Labute approximate surface area is 224 Å². The van der Waals surface area contributed by atoms with E-state index in [0.29, 0.717) is 11.5 Å². The smallest absolute Gasteiger partial charge is 0.416 e. The molecule has 1 N–H and O–H groups in total. The van der Waals surface area contributed by atoms with Crippen molar-refractivity contribution in [2.45, 2.75) is 12.3 Å². The second kappa shape index (κ2) is 9.99. The van der Waals surface area contributed by atoms with Gasteiger partial charge in [-0.05, 0) is 41.1 Å². The summed E-state index contributed by atoms with van der Waals surface area (Å²) >= 11 is 5.97. The number of ether oxygens (including phenoxy) is 1. The molecule has 1 heterocycles. The summed E-state index contributed by atoms with van der Waals surface area (Å²) in [5.74, 6) is -6.10. The van der Waals surface area contributed by atoms with Crippen molar-refractivity contribution >= 4 is 51.5 Å². The molecule has 1 aliphatic rings. The molecule has 1 aliphatic heterocycles. The number of carbonyl (C=O) groups excluding carboxylic acids is 4. The Bertz CT molecular complexity index is 1670. The third-order valence-corrected chi connectivity index (χ3v) is 6.72. The van der Waals surface area contributed by atoms with Gasteiger partial charge in [-0.1, -0.05) is 66.2 Å². The molecule has 0 radical (unpaired) electrons. The molecule has 0 spiro atoms. The molecule has 4 aromatic carbocycles. The monoisotopic (exact) mass is 551 g/mol. The van der Waals surface area contributed by atoms with Crippen LogP contribution in [-0.2, 0) is 20.5 Å². The number of nitrogens with one attached hydrogen (secondary N) is 1. The Hall–Kier alpha value is -4.50. The van der Waals surface area contributed by atoms with Crippen molar-refractivity contribution in [3.63, 3.8) is 0 Å². The first-order chi connectivity index (χ1) is 18.5. The second-order valence-corrected chi connectivity index (χ2v) is 9.23. The standard InChI is InChI=1S/C29H17ClF3NO5/c30-21-12-11-18(29(31,32)33)14-22(21)34-27(37)25(36)23(26-19-7-3-4-8-20(19)28(38)39-26)24(35)17-10-9-15-5-1-2-6-16(15)13-17/h1-14,23,26H,(H,34,37)/t23-,26-/m0/s1. The van der Waals surface area contributed by atoms with Crippen LogP contribution in [0.4, 0.5) is 18.9 Å². The van der Waals surface area contributed by atoms with Crippen LogP contribution in [0.3, 0.4) is 0 Å². The lowest BCUT2D eigenvalue weighted by molar-refractivity contribution is -0.138. The molecule has 39 heavy (non-hydrogen) atoms. The van der Waals surface area contributed by atoms with Crippen LogP contribution in [0.15, 0.2) is 84.9 Å². The van der Waals surface area contributed by atoms with E-state index in [2.05, 4.69) is 5.32 Å². The average molecular weight is 552 g/mol. The van der Waals surface area contributed by atoms with Crippen molar-refractivity contribution in [1.29, 1.82) is 0 Å². The Balaban J connectivity index is 1.54. The number of amides is 1. The zero-order valence-corrected chi connectivity index (χ0v) is 20.5. The summed E-state index contributed by atoms with van der Waals surface area (Å²) in [6.07, 6.45) is -6.16.